The van der Waals surface area contributed by atoms with Gasteiger partial charge in [0.15, 0.2) is 5.82 Å². The van der Waals surface area contributed by atoms with Gasteiger partial charge < -0.3 is 9.47 Å². The van der Waals surface area contributed by atoms with E-state index < -0.39 is 16.9 Å². The van der Waals surface area contributed by atoms with Gasteiger partial charge in [-0.2, -0.15) is 4.98 Å². The smallest absolute Gasteiger partial charge is 0.261 e. The van der Waals surface area contributed by atoms with E-state index in [0.717, 1.165) is 0 Å². The summed E-state index contributed by atoms with van der Waals surface area (Å²) in [5, 5.41) is 5.96. The van der Waals surface area contributed by atoms with Gasteiger partial charge in [0.2, 0.25) is 28.6 Å². The lowest BCUT2D eigenvalue weighted by Gasteiger charge is -2.11. The third-order valence-electron chi connectivity index (χ3n) is 4.30. The fraction of sp³-hybridized carbons (Fsp3) is 0.111. The molecular weight excluding hydrogens is 451 g/mol. The molecule has 1 aromatic carbocycles. The van der Waals surface area contributed by atoms with Crippen molar-refractivity contribution in [3.63, 3.8) is 0 Å². The minimum atomic E-state index is -4.13. The second-order valence-corrected chi connectivity index (χ2v) is 8.03. The number of halogens is 2. The maximum absolute atomic E-state index is 12.6. The van der Waals surface area contributed by atoms with E-state index in [1.807, 2.05) is 0 Å². The summed E-state index contributed by atoms with van der Waals surface area (Å²) in [5.74, 6) is 0.174. The van der Waals surface area contributed by atoms with Crippen LogP contribution >= 0.6 is 11.6 Å². The summed E-state index contributed by atoms with van der Waals surface area (Å²) in [7, 11) is -2.81. The van der Waals surface area contributed by atoms with Gasteiger partial charge in [0, 0.05) is 24.0 Å². The van der Waals surface area contributed by atoms with Gasteiger partial charge >= 0.3 is 0 Å². The van der Waals surface area contributed by atoms with E-state index in [1.54, 1.807) is 6.07 Å². The number of hydrogen-bond donors (Lipinski definition) is 1. The Morgan fingerprint density at radius 3 is 2.61 bits per heavy atom. The van der Waals surface area contributed by atoms with Crippen molar-refractivity contribution in [2.24, 2.45) is 5.14 Å². The fourth-order valence-electron chi connectivity index (χ4n) is 3.06. The molecule has 0 aliphatic heterocycles. The molecular formula is C18H14ClFN6O4S. The Hall–Kier alpha value is -3.35. The Bertz CT molecular complexity index is 1380. The van der Waals surface area contributed by atoms with Crippen LogP contribution < -0.4 is 14.6 Å². The molecule has 0 spiro atoms. The highest BCUT2D eigenvalue weighted by Gasteiger charge is 2.25. The molecule has 4 rings (SSSR count). The number of sulfonamides is 1. The molecule has 10 nitrogen and oxygen atoms in total. The van der Waals surface area contributed by atoms with E-state index in [4.69, 9.17) is 26.2 Å². The van der Waals surface area contributed by atoms with Crippen molar-refractivity contribution < 1.29 is 22.3 Å². The number of primary sulfonamides is 1. The van der Waals surface area contributed by atoms with Crippen LogP contribution in [0.15, 0.2) is 47.9 Å². The molecule has 0 aliphatic rings. The molecule has 4 aromatic rings. The quantitative estimate of drug-likeness (QED) is 0.459. The normalized spacial score (nSPS) is 11.6. The predicted octanol–water partition coefficient (Wildman–Crippen LogP) is 2.49. The molecule has 31 heavy (non-hydrogen) atoms. The summed E-state index contributed by atoms with van der Waals surface area (Å²) >= 11 is 6.44. The number of fused-ring (bicyclic) bond motifs is 1. The first-order valence-electron chi connectivity index (χ1n) is 8.59. The zero-order valence-electron chi connectivity index (χ0n) is 15.9. The first-order chi connectivity index (χ1) is 14.8. The number of benzene rings is 1. The zero-order chi connectivity index (χ0) is 22.2. The summed E-state index contributed by atoms with van der Waals surface area (Å²) in [6.45, 7) is -1.10. The van der Waals surface area contributed by atoms with E-state index in [2.05, 4.69) is 19.9 Å². The summed E-state index contributed by atoms with van der Waals surface area (Å²) < 4.78 is 48.4. The van der Waals surface area contributed by atoms with Crippen molar-refractivity contribution in [3.05, 3.63) is 48.0 Å². The molecule has 3 aromatic heterocycles. The molecule has 0 bridgehead atoms. The number of methoxy groups -OCH3 is 1. The molecule has 0 amide bonds. The molecule has 0 fully saturated rings. The van der Waals surface area contributed by atoms with Crippen molar-refractivity contribution >= 4 is 32.5 Å². The second kappa shape index (κ2) is 8.06. The average molecular weight is 465 g/mol. The van der Waals surface area contributed by atoms with E-state index >= 15 is 0 Å². The van der Waals surface area contributed by atoms with Crippen molar-refractivity contribution in [2.75, 3.05) is 14.0 Å². The second-order valence-electron chi connectivity index (χ2n) is 6.10. The molecule has 0 unspecified atom stereocenters. The fourth-order valence-corrected chi connectivity index (χ4v) is 4.02. The molecule has 13 heteroatoms. The zero-order valence-corrected chi connectivity index (χ0v) is 17.4. The third-order valence-corrected chi connectivity index (χ3v) is 5.56. The summed E-state index contributed by atoms with van der Waals surface area (Å²) in [4.78, 5) is 16.6. The van der Waals surface area contributed by atoms with Gasteiger partial charge in [0.25, 0.3) is 5.88 Å². The van der Waals surface area contributed by atoms with Gasteiger partial charge in [-0.25, -0.2) is 32.9 Å². The number of alkyl halides is 1. The van der Waals surface area contributed by atoms with Crippen molar-refractivity contribution in [1.82, 2.24) is 24.5 Å². The molecule has 0 saturated carbocycles. The topological polar surface area (TPSA) is 135 Å². The van der Waals surface area contributed by atoms with Gasteiger partial charge in [0.1, 0.15) is 4.90 Å². The number of aromatic nitrogens is 5. The standard InChI is InChI=1S/C18H14ClFN6O4S/c1-29-17-12(30-9-20)7-24-18(25-17)26-8-13(31(21,27)28)10-3-4-11(19)14(15(10)26)16-22-5-2-6-23-16/h2-8H,9H2,1H3,(H2,21,27,28). The number of hydrogen-bond acceptors (Lipinski definition) is 8. The number of nitrogens with zero attached hydrogens (tertiary/aromatic N) is 5. The predicted molar refractivity (Wildman–Crippen MR) is 109 cm³/mol. The first kappa shape index (κ1) is 20.9. The Balaban J connectivity index is 2.10. The average Bonchev–Trinajstić information content (AvgIpc) is 3.15. The lowest BCUT2D eigenvalue weighted by molar-refractivity contribution is 0.182. The van der Waals surface area contributed by atoms with Crippen LogP contribution in [0.5, 0.6) is 11.6 Å². The van der Waals surface area contributed by atoms with Gasteiger partial charge in [-0.3, -0.25) is 4.57 Å². The van der Waals surface area contributed by atoms with Crippen molar-refractivity contribution in [1.29, 1.82) is 0 Å². The maximum Gasteiger partial charge on any atom is 0.261 e. The molecule has 160 valence electrons. The van der Waals surface area contributed by atoms with Crippen molar-refractivity contribution in [3.8, 4) is 29.0 Å². The van der Waals surface area contributed by atoms with Gasteiger partial charge in [-0.05, 0) is 18.2 Å². The summed E-state index contributed by atoms with van der Waals surface area (Å²) in [6, 6.07) is 4.66. The monoisotopic (exact) mass is 464 g/mol. The van der Waals surface area contributed by atoms with Crippen LogP contribution in [0.1, 0.15) is 0 Å². The third kappa shape index (κ3) is 3.76. The summed E-state index contributed by atoms with van der Waals surface area (Å²) in [5.41, 5.74) is 0.658. The van der Waals surface area contributed by atoms with Gasteiger partial charge in [-0.1, -0.05) is 11.6 Å². The van der Waals surface area contributed by atoms with Crippen LogP contribution in [-0.4, -0.2) is 46.9 Å². The molecule has 0 saturated heterocycles. The van der Waals surface area contributed by atoms with Gasteiger partial charge in [-0.15, -0.1) is 0 Å². The SMILES string of the molecule is COc1nc(-n2cc(S(N)(=O)=O)c3ccc(Cl)c(-c4ncccn4)c32)ncc1OCF. The number of rotatable bonds is 6. The van der Waals surface area contributed by atoms with E-state index in [9.17, 15) is 12.8 Å². The lowest BCUT2D eigenvalue weighted by atomic mass is 10.1. The van der Waals surface area contributed by atoms with Crippen LogP contribution in [0.25, 0.3) is 28.2 Å². The van der Waals surface area contributed by atoms with Crippen LogP contribution in [-0.2, 0) is 10.0 Å². The number of ether oxygens (including phenoxy) is 2. The van der Waals surface area contributed by atoms with E-state index in [0.29, 0.717) is 11.1 Å². The van der Waals surface area contributed by atoms with Crippen LogP contribution in [0.4, 0.5) is 4.39 Å². The molecule has 2 N–H and O–H groups in total. The number of nitrogens with two attached hydrogens (primary N) is 1. The largest absolute Gasteiger partial charge is 0.478 e. The van der Waals surface area contributed by atoms with E-state index in [1.165, 1.54) is 48.6 Å². The Morgan fingerprint density at radius 1 is 1.23 bits per heavy atom. The Labute approximate surface area is 180 Å². The minimum absolute atomic E-state index is 0.00223. The van der Waals surface area contributed by atoms with Crippen LogP contribution in [0, 0.1) is 0 Å². The molecule has 3 heterocycles. The highest BCUT2D eigenvalue weighted by Crippen LogP contribution is 2.38. The maximum atomic E-state index is 12.6. The minimum Gasteiger partial charge on any atom is -0.478 e. The molecule has 0 atom stereocenters. The highest BCUT2D eigenvalue weighted by atomic mass is 35.5. The molecule has 0 radical (unpaired) electrons. The van der Waals surface area contributed by atoms with Crippen LogP contribution in [0.3, 0.4) is 0 Å². The van der Waals surface area contributed by atoms with Crippen molar-refractivity contribution in [2.45, 2.75) is 4.90 Å². The Kier molecular flexibility index (Phi) is 5.43. The molecule has 0 aliphatic carbocycles. The van der Waals surface area contributed by atoms with Crippen LogP contribution in [0.2, 0.25) is 5.02 Å². The lowest BCUT2D eigenvalue weighted by Crippen LogP contribution is -2.11. The van der Waals surface area contributed by atoms with Gasteiger partial charge in [0.05, 0.1) is 29.4 Å². The first-order valence-corrected chi connectivity index (χ1v) is 10.5. The summed E-state index contributed by atoms with van der Waals surface area (Å²) in [6.07, 6.45) is 5.50. The highest BCUT2D eigenvalue weighted by molar-refractivity contribution is 7.89. The van der Waals surface area contributed by atoms with E-state index in [-0.39, 0.29) is 38.7 Å². The Morgan fingerprint density at radius 2 is 1.97 bits per heavy atom.